The van der Waals surface area contributed by atoms with Gasteiger partial charge in [-0.2, -0.15) is 15.3 Å². The van der Waals surface area contributed by atoms with Gasteiger partial charge in [0.05, 0.1) is 107 Å². The van der Waals surface area contributed by atoms with Gasteiger partial charge in [-0.15, -0.1) is 0 Å². The number of halogens is 1. The van der Waals surface area contributed by atoms with Crippen LogP contribution in [0.5, 0.6) is 23.0 Å². The molecule has 12 aromatic heterocycles. The first-order chi connectivity index (χ1) is 53.1. The summed E-state index contributed by atoms with van der Waals surface area (Å²) >= 11 is 0. The molecule has 18 aromatic rings. The smallest absolute Gasteiger partial charge is 0.140 e. The minimum atomic E-state index is -0.268. The van der Waals surface area contributed by atoms with E-state index in [1.807, 2.05) is 230 Å². The molecule has 0 amide bonds. The number of fused-ring (bicyclic) bond motifs is 5. The Morgan fingerprint density at radius 1 is 0.376 bits per heavy atom. The minimum absolute atomic E-state index is 0.151. The standard InChI is InChI=1S/C25H21FN4O.C24H20N4O.C20H20N4O.C19H18N4O/c1-17(2)31-23-9-3-18(4-10-23)19-11-12-29-24(15-27-25(29)13-19)20-14-28-30(16-20)22-7-5-21(26)6-8-22;1-16(2)29-18-9-7-17(8-10-18)22-13-24-26-14-23(28(24)15-27-22)20-11-12-25-21-6-4-3-5-19(20)21;1-13(2)25-17-6-4-15(5-7-17)16-8-9-24-19(12-21-20(24)10-16)18-11-22-23-14(18)3;1-13(2)24-17-5-3-14(4-6-17)15-7-8-23-18(12-20-19(23)9-15)16-10-21-22-11-16/h3-17H,1-2H3;3-16H,1-2H3;4-13H,1-3H3,(H,22,23);3-13H,1-2H3,(H,21,22). The largest absolute Gasteiger partial charge is 0.491 e. The number of aromatic nitrogens is 16. The Bertz CT molecular complexity index is 6090. The third-order valence-corrected chi connectivity index (χ3v) is 17.9. The number of ether oxygens (including phenoxy) is 4. The molecular weight excluding hydrogens is 1360 g/mol. The molecule has 12 heterocycles. The van der Waals surface area contributed by atoms with Gasteiger partial charge in [0.1, 0.15) is 57.7 Å². The molecule has 109 heavy (non-hydrogen) atoms. The van der Waals surface area contributed by atoms with E-state index in [9.17, 15) is 4.39 Å². The van der Waals surface area contributed by atoms with Crippen molar-refractivity contribution < 1.29 is 23.3 Å². The predicted molar refractivity (Wildman–Crippen MR) is 427 cm³/mol. The van der Waals surface area contributed by atoms with Gasteiger partial charge in [0.15, 0.2) is 0 Å². The van der Waals surface area contributed by atoms with E-state index in [0.717, 1.165) is 158 Å². The Kier molecular flexibility index (Phi) is 20.5. The molecule has 0 atom stereocenters. The number of aryl methyl sites for hydroxylation is 1. The number of imidazole rings is 4. The van der Waals surface area contributed by atoms with Crippen LogP contribution in [0.15, 0.2) is 281 Å². The van der Waals surface area contributed by atoms with E-state index >= 15 is 0 Å². The van der Waals surface area contributed by atoms with E-state index in [-0.39, 0.29) is 30.2 Å². The molecule has 0 radical (unpaired) electrons. The lowest BCUT2D eigenvalue weighted by Crippen LogP contribution is -2.05. The van der Waals surface area contributed by atoms with Crippen LogP contribution < -0.4 is 18.9 Å². The van der Waals surface area contributed by atoms with Crippen LogP contribution >= 0.6 is 0 Å². The number of hydrogen-bond donors (Lipinski definition) is 2. The number of pyridine rings is 4. The topological polar surface area (TPSA) is 207 Å². The summed E-state index contributed by atoms with van der Waals surface area (Å²) in [7, 11) is 0. The van der Waals surface area contributed by atoms with Crippen LogP contribution in [0.25, 0.3) is 129 Å². The quantitative estimate of drug-likeness (QED) is 0.0871. The van der Waals surface area contributed by atoms with Gasteiger partial charge in [-0.25, -0.2) is 34.0 Å². The SMILES string of the molecule is CC(C)Oc1ccc(-c2cc3ncc(-c4ccnc5ccccc45)n3cn2)cc1.CC(C)Oc1ccc(-c2ccn3c(-c4cn[nH]c4)cnc3c2)cc1.CC(C)Oc1ccc(-c2ccn3c(-c4cnn(-c5ccc(F)cc5)c4)cnc3c2)cc1.Cc1[nH]ncc1-c1cnc2cc(-c3ccc(OC(C)C)cc3)ccn12. The number of aromatic amines is 2. The summed E-state index contributed by atoms with van der Waals surface area (Å²) in [5, 5.41) is 19.4. The Balaban J connectivity index is 0.000000116. The number of para-hydroxylation sites is 1. The second kappa shape index (κ2) is 31.5. The maximum Gasteiger partial charge on any atom is 0.140 e. The van der Waals surface area contributed by atoms with Gasteiger partial charge in [-0.3, -0.25) is 32.8 Å². The zero-order valence-corrected chi connectivity index (χ0v) is 61.6. The molecule has 18 rings (SSSR count). The highest BCUT2D eigenvalue weighted by molar-refractivity contribution is 5.94. The van der Waals surface area contributed by atoms with Crippen LogP contribution in [0.3, 0.4) is 0 Å². The van der Waals surface area contributed by atoms with E-state index < -0.39 is 0 Å². The molecule has 21 heteroatoms. The molecule has 0 spiro atoms. The lowest BCUT2D eigenvalue weighted by Gasteiger charge is -2.10. The van der Waals surface area contributed by atoms with Crippen LogP contribution in [0.2, 0.25) is 0 Å². The van der Waals surface area contributed by atoms with Crippen molar-refractivity contribution in [2.75, 3.05) is 0 Å². The first-order valence-electron chi connectivity index (χ1n) is 36.1. The fraction of sp³-hybridized carbons (Fsp3) is 0.148. The molecule has 0 unspecified atom stereocenters. The maximum absolute atomic E-state index is 13.2. The number of hydrogen-bond acceptors (Lipinski definition) is 13. The summed E-state index contributed by atoms with van der Waals surface area (Å²) < 4.78 is 45.9. The Hall–Kier alpha value is -13.8. The normalized spacial score (nSPS) is 11.4. The van der Waals surface area contributed by atoms with E-state index in [0.29, 0.717) is 0 Å². The summed E-state index contributed by atoms with van der Waals surface area (Å²) in [5.41, 5.74) is 23.1. The summed E-state index contributed by atoms with van der Waals surface area (Å²) in [4.78, 5) is 27.4. The number of benzene rings is 6. The van der Waals surface area contributed by atoms with Crippen molar-refractivity contribution in [2.24, 2.45) is 0 Å². The first-order valence-corrected chi connectivity index (χ1v) is 36.1. The number of rotatable bonds is 17. The molecule has 0 bridgehead atoms. The van der Waals surface area contributed by atoms with E-state index in [1.54, 1.807) is 29.2 Å². The van der Waals surface area contributed by atoms with Crippen molar-refractivity contribution in [2.45, 2.75) is 86.7 Å². The van der Waals surface area contributed by atoms with Crippen LogP contribution in [0.4, 0.5) is 4.39 Å². The van der Waals surface area contributed by atoms with Crippen molar-refractivity contribution in [1.82, 2.24) is 77.7 Å². The molecule has 0 aliphatic heterocycles. The predicted octanol–water partition coefficient (Wildman–Crippen LogP) is 19.8. The van der Waals surface area contributed by atoms with Gasteiger partial charge in [-0.05, 0) is 229 Å². The Morgan fingerprint density at radius 2 is 0.835 bits per heavy atom. The molecule has 542 valence electrons. The van der Waals surface area contributed by atoms with Crippen molar-refractivity contribution >= 4 is 33.5 Å². The minimum Gasteiger partial charge on any atom is -0.491 e. The third kappa shape index (κ3) is 16.1. The molecule has 0 saturated carbocycles. The molecular formula is C88H79FN16O4. The molecule has 0 saturated heterocycles. The van der Waals surface area contributed by atoms with Crippen molar-refractivity contribution in [1.29, 1.82) is 0 Å². The van der Waals surface area contributed by atoms with Crippen molar-refractivity contribution in [3.8, 4) is 118 Å². The monoisotopic (exact) mass is 1440 g/mol. The number of nitrogens with zero attached hydrogens (tertiary/aromatic N) is 14. The lowest BCUT2D eigenvalue weighted by atomic mass is 10.1. The van der Waals surface area contributed by atoms with E-state index in [2.05, 4.69) is 149 Å². The summed E-state index contributed by atoms with van der Waals surface area (Å²) in [5.74, 6) is 3.23. The van der Waals surface area contributed by atoms with Gasteiger partial charge in [0.25, 0.3) is 0 Å². The van der Waals surface area contributed by atoms with E-state index in [4.69, 9.17) is 18.9 Å². The van der Waals surface area contributed by atoms with Gasteiger partial charge >= 0.3 is 0 Å². The van der Waals surface area contributed by atoms with Crippen LogP contribution in [0.1, 0.15) is 61.1 Å². The van der Waals surface area contributed by atoms with Crippen LogP contribution in [-0.2, 0) is 0 Å². The lowest BCUT2D eigenvalue weighted by molar-refractivity contribution is 0.242. The molecule has 0 fully saturated rings. The molecule has 20 nitrogen and oxygen atoms in total. The fourth-order valence-corrected chi connectivity index (χ4v) is 12.8. The second-order valence-electron chi connectivity index (χ2n) is 27.2. The fourth-order valence-electron chi connectivity index (χ4n) is 12.8. The van der Waals surface area contributed by atoms with Crippen LogP contribution in [0, 0.1) is 12.7 Å². The Labute approximate surface area is 628 Å². The van der Waals surface area contributed by atoms with Crippen LogP contribution in [-0.4, -0.2) is 102 Å². The first kappa shape index (κ1) is 70.8. The molecule has 2 N–H and O–H groups in total. The third-order valence-electron chi connectivity index (χ3n) is 17.9. The Morgan fingerprint density at radius 3 is 1.31 bits per heavy atom. The van der Waals surface area contributed by atoms with Gasteiger partial charge in [-0.1, -0.05) is 54.6 Å². The second-order valence-corrected chi connectivity index (χ2v) is 27.2. The summed E-state index contributed by atoms with van der Waals surface area (Å²) in [6, 6.07) is 63.3. The highest BCUT2D eigenvalue weighted by Gasteiger charge is 2.17. The molecule has 0 aliphatic carbocycles. The van der Waals surface area contributed by atoms with Crippen molar-refractivity contribution in [3.63, 3.8) is 0 Å². The highest BCUT2D eigenvalue weighted by atomic mass is 19.1. The maximum atomic E-state index is 13.2. The summed E-state index contributed by atoms with van der Waals surface area (Å²) in [6.45, 7) is 18.2. The zero-order chi connectivity index (χ0) is 75.1. The average Bonchev–Trinajstić information content (AvgIpc) is 1.71. The van der Waals surface area contributed by atoms with Crippen molar-refractivity contribution in [3.05, 3.63) is 293 Å². The molecule has 0 aliphatic rings. The average molecular weight is 1440 g/mol. The number of H-pyrrole nitrogens is 2. The van der Waals surface area contributed by atoms with Gasteiger partial charge in [0, 0.05) is 82.1 Å². The summed E-state index contributed by atoms with van der Waals surface area (Å²) in [6.07, 6.45) is 27.1. The highest BCUT2D eigenvalue weighted by Crippen LogP contribution is 2.34. The number of nitrogens with one attached hydrogen (secondary N) is 2. The van der Waals surface area contributed by atoms with Gasteiger partial charge in [0.2, 0.25) is 0 Å². The van der Waals surface area contributed by atoms with E-state index in [1.165, 1.54) is 12.1 Å². The molecule has 6 aromatic carbocycles. The van der Waals surface area contributed by atoms with Gasteiger partial charge < -0.3 is 18.9 Å². The zero-order valence-electron chi connectivity index (χ0n) is 61.6.